The quantitative estimate of drug-likeness (QED) is 0.260. The number of carboxylic acids is 1. The van der Waals surface area contributed by atoms with Gasteiger partial charge in [0.25, 0.3) is 0 Å². The molecule has 194 valence electrons. The van der Waals surface area contributed by atoms with Gasteiger partial charge < -0.3 is 19.3 Å². The van der Waals surface area contributed by atoms with Crippen molar-refractivity contribution in [3.05, 3.63) is 58.7 Å². The molecule has 0 saturated carbocycles. The predicted octanol–water partition coefficient (Wildman–Crippen LogP) is 5.75. The van der Waals surface area contributed by atoms with Crippen LogP contribution in [0.2, 0.25) is 0 Å². The minimum atomic E-state index is -0.794. The number of para-hydroxylation sites is 2. The van der Waals surface area contributed by atoms with Gasteiger partial charge in [-0.25, -0.2) is 0 Å². The lowest BCUT2D eigenvalue weighted by Crippen LogP contribution is -2.28. The summed E-state index contributed by atoms with van der Waals surface area (Å²) in [4.78, 5) is 24.4. The van der Waals surface area contributed by atoms with Gasteiger partial charge in [-0.1, -0.05) is 60.1 Å². The molecule has 2 aromatic carbocycles. The maximum atomic E-state index is 13.6. The third-order valence-corrected chi connectivity index (χ3v) is 6.60. The van der Waals surface area contributed by atoms with E-state index in [9.17, 15) is 14.7 Å². The summed E-state index contributed by atoms with van der Waals surface area (Å²) in [6.07, 6.45) is 2.27. The van der Waals surface area contributed by atoms with E-state index in [4.69, 9.17) is 10.5 Å². The first-order valence-corrected chi connectivity index (χ1v) is 12.6. The number of carbonyl (C=O) groups is 2. The summed E-state index contributed by atoms with van der Waals surface area (Å²) in [5.41, 5.74) is 3.25. The normalized spacial score (nSPS) is 12.3. The van der Waals surface area contributed by atoms with Crippen molar-refractivity contribution in [3.63, 3.8) is 0 Å². The van der Waals surface area contributed by atoms with E-state index < -0.39 is 5.97 Å². The maximum absolute atomic E-state index is 13.6. The van der Waals surface area contributed by atoms with Crippen molar-refractivity contribution in [3.8, 4) is 5.75 Å². The Labute approximate surface area is 212 Å². The van der Waals surface area contributed by atoms with Gasteiger partial charge in [-0.15, -0.1) is 0 Å². The highest BCUT2D eigenvalue weighted by Crippen LogP contribution is 2.40. The number of Topliss-reactive ketones (excluding diaryl/α,β-unsaturated/α-hetero) is 1. The molecule has 0 radical (unpaired) electrons. The molecule has 7 heteroatoms. The van der Waals surface area contributed by atoms with E-state index in [0.29, 0.717) is 18.5 Å². The van der Waals surface area contributed by atoms with Gasteiger partial charge in [-0.05, 0) is 47.9 Å². The van der Waals surface area contributed by atoms with Crippen molar-refractivity contribution in [1.29, 1.82) is 5.41 Å². The summed E-state index contributed by atoms with van der Waals surface area (Å²) in [7, 11) is 0. The number of aromatic nitrogens is 2. The molecule has 0 aliphatic carbocycles. The van der Waals surface area contributed by atoms with Crippen LogP contribution in [-0.4, -0.2) is 31.1 Å². The maximum Gasteiger partial charge on any atom is 0.303 e. The molecule has 0 saturated heterocycles. The van der Waals surface area contributed by atoms with Gasteiger partial charge >= 0.3 is 5.97 Å². The zero-order valence-corrected chi connectivity index (χ0v) is 22.3. The zero-order chi connectivity index (χ0) is 26.8. The van der Waals surface area contributed by atoms with Gasteiger partial charge in [0.2, 0.25) is 5.62 Å². The molecule has 0 aliphatic rings. The van der Waals surface area contributed by atoms with Crippen LogP contribution in [-0.2, 0) is 28.7 Å². The number of nitrogens with one attached hydrogen (secondary N) is 1. The molecule has 0 atom stereocenters. The number of aromatic hydroxyl groups is 1. The molecule has 3 rings (SSSR count). The molecule has 3 N–H and O–H groups in total. The Morgan fingerprint density at radius 3 is 1.89 bits per heavy atom. The molecule has 1 heterocycles. The van der Waals surface area contributed by atoms with Crippen LogP contribution in [0.1, 0.15) is 88.7 Å². The molecule has 1 aromatic heterocycles. The zero-order valence-electron chi connectivity index (χ0n) is 22.3. The average Bonchev–Trinajstić information content (AvgIpc) is 3.03. The van der Waals surface area contributed by atoms with Gasteiger partial charge in [0.1, 0.15) is 5.75 Å². The number of hydrogen-bond donors (Lipinski definition) is 3. The highest BCUT2D eigenvalue weighted by atomic mass is 16.4. The second kappa shape index (κ2) is 10.3. The van der Waals surface area contributed by atoms with Crippen LogP contribution < -0.4 is 5.62 Å². The number of ketones is 1. The van der Waals surface area contributed by atoms with E-state index in [1.807, 2.05) is 70.4 Å². The summed E-state index contributed by atoms with van der Waals surface area (Å²) >= 11 is 0. The second-order valence-corrected chi connectivity index (χ2v) is 11.6. The molecule has 7 nitrogen and oxygen atoms in total. The minimum absolute atomic E-state index is 0.0172. The van der Waals surface area contributed by atoms with Crippen LogP contribution in [0.25, 0.3) is 11.0 Å². The summed E-state index contributed by atoms with van der Waals surface area (Å²) in [6, 6.07) is 11.3. The third kappa shape index (κ3) is 5.89. The van der Waals surface area contributed by atoms with E-state index in [-0.39, 0.29) is 40.9 Å². The fraction of sp³-hybridized carbons (Fsp3) is 0.483. The Morgan fingerprint density at radius 2 is 1.39 bits per heavy atom. The lowest BCUT2D eigenvalue weighted by Gasteiger charge is -2.28. The second-order valence-electron chi connectivity index (χ2n) is 11.6. The number of fused-ring (bicyclic) bond motifs is 1. The van der Waals surface area contributed by atoms with Crippen molar-refractivity contribution >= 4 is 22.8 Å². The molecule has 0 aliphatic heterocycles. The molecule has 0 spiro atoms. The van der Waals surface area contributed by atoms with Crippen LogP contribution >= 0.6 is 0 Å². The number of benzene rings is 2. The van der Waals surface area contributed by atoms with Crippen molar-refractivity contribution in [1.82, 2.24) is 9.13 Å². The third-order valence-electron chi connectivity index (χ3n) is 6.60. The first-order valence-electron chi connectivity index (χ1n) is 12.6. The van der Waals surface area contributed by atoms with E-state index in [0.717, 1.165) is 35.0 Å². The first-order chi connectivity index (χ1) is 16.7. The Balaban J connectivity index is 1.98. The fourth-order valence-corrected chi connectivity index (χ4v) is 4.58. The molecular formula is C29H39N3O4. The summed E-state index contributed by atoms with van der Waals surface area (Å²) < 4.78 is 3.62. The lowest BCUT2D eigenvalue weighted by molar-refractivity contribution is -0.137. The molecule has 0 bridgehead atoms. The number of phenolic OH excluding ortho intramolecular Hbond substituents is 1. The monoisotopic (exact) mass is 493 g/mol. The molecule has 0 unspecified atom stereocenters. The molecule has 36 heavy (non-hydrogen) atoms. The smallest absolute Gasteiger partial charge is 0.303 e. The fourth-order valence-electron chi connectivity index (χ4n) is 4.58. The number of phenols is 1. The van der Waals surface area contributed by atoms with E-state index in [1.54, 1.807) is 16.7 Å². The minimum Gasteiger partial charge on any atom is -0.507 e. The van der Waals surface area contributed by atoms with Gasteiger partial charge in [-0.2, -0.15) is 0 Å². The number of carbonyl (C=O) groups excluding carboxylic acids is 1. The topological polar surface area (TPSA) is 108 Å². The lowest BCUT2D eigenvalue weighted by atomic mass is 9.78. The summed E-state index contributed by atoms with van der Waals surface area (Å²) in [6.45, 7) is 12.7. The van der Waals surface area contributed by atoms with Crippen LogP contribution in [0.5, 0.6) is 5.75 Å². The van der Waals surface area contributed by atoms with Gasteiger partial charge in [0.05, 0.1) is 17.6 Å². The van der Waals surface area contributed by atoms with Crippen molar-refractivity contribution in [2.45, 2.75) is 91.1 Å². The number of aryl methyl sites for hydroxylation is 1. The number of nitrogens with zero attached hydrogens (tertiary/aromatic N) is 2. The molecule has 0 fully saturated rings. The SMILES string of the molecule is CC(C)(C)c1cc(C(=O)Cn2c(=N)n(CCCCCC(=O)O)c3ccccc32)cc(C(C)(C)C)c1O. The van der Waals surface area contributed by atoms with Crippen LogP contribution in [0.4, 0.5) is 0 Å². The number of unbranched alkanes of at least 4 members (excludes halogenated alkanes) is 2. The predicted molar refractivity (Wildman–Crippen MR) is 142 cm³/mol. The largest absolute Gasteiger partial charge is 0.507 e. The van der Waals surface area contributed by atoms with Crippen molar-refractivity contribution in [2.75, 3.05) is 0 Å². The summed E-state index contributed by atoms with van der Waals surface area (Å²) in [5, 5.41) is 28.7. The number of hydrogen-bond acceptors (Lipinski definition) is 4. The molecular weight excluding hydrogens is 454 g/mol. The first kappa shape index (κ1) is 27.2. The number of imidazole rings is 1. The van der Waals surface area contributed by atoms with Crippen molar-refractivity contribution in [2.24, 2.45) is 0 Å². The van der Waals surface area contributed by atoms with E-state index >= 15 is 0 Å². The Hall–Kier alpha value is -3.35. The van der Waals surface area contributed by atoms with Crippen LogP contribution in [0, 0.1) is 5.41 Å². The van der Waals surface area contributed by atoms with Gasteiger partial charge in [0, 0.05) is 29.7 Å². The Kier molecular flexibility index (Phi) is 7.82. The molecule has 0 amide bonds. The Morgan fingerprint density at radius 1 is 0.861 bits per heavy atom. The van der Waals surface area contributed by atoms with Gasteiger partial charge in [0.15, 0.2) is 5.78 Å². The number of rotatable bonds is 9. The van der Waals surface area contributed by atoms with Crippen LogP contribution in [0.3, 0.4) is 0 Å². The highest BCUT2D eigenvalue weighted by molar-refractivity contribution is 5.97. The van der Waals surface area contributed by atoms with E-state index in [2.05, 4.69) is 0 Å². The van der Waals surface area contributed by atoms with Gasteiger partial charge in [-0.3, -0.25) is 15.0 Å². The van der Waals surface area contributed by atoms with Crippen molar-refractivity contribution < 1.29 is 19.8 Å². The highest BCUT2D eigenvalue weighted by Gasteiger charge is 2.28. The Bertz CT molecular complexity index is 1300. The standard InChI is InChI=1S/C29H39N3O4/c1-28(2,3)20-16-19(17-21(26(20)36)29(4,5)6)24(33)18-32-23-13-10-9-12-22(23)31(27(32)30)15-11-7-8-14-25(34)35/h9-10,12-13,16-17,30,36H,7-8,11,14-15,18H2,1-6H3,(H,34,35). The van der Waals surface area contributed by atoms with E-state index in [1.165, 1.54) is 0 Å². The number of aliphatic carboxylic acids is 1. The summed E-state index contributed by atoms with van der Waals surface area (Å²) in [5.74, 6) is -0.675. The van der Waals surface area contributed by atoms with Crippen LogP contribution in [0.15, 0.2) is 36.4 Å². The average molecular weight is 494 g/mol. The molecule has 3 aromatic rings. The number of carboxylic acid groups (broad SMARTS) is 1.